The van der Waals surface area contributed by atoms with E-state index in [9.17, 15) is 0 Å². The second kappa shape index (κ2) is 12.0. The molecule has 0 unspecified atom stereocenters. The van der Waals surface area contributed by atoms with Crippen molar-refractivity contribution in [1.82, 2.24) is 15.0 Å². The van der Waals surface area contributed by atoms with Crippen LogP contribution in [0.3, 0.4) is 0 Å². The minimum absolute atomic E-state index is 0. The van der Waals surface area contributed by atoms with E-state index in [-0.39, 0.29) is 25.7 Å². The van der Waals surface area contributed by atoms with Gasteiger partial charge in [0.1, 0.15) is 0 Å². The van der Waals surface area contributed by atoms with Crippen LogP contribution in [-0.4, -0.2) is 15.0 Å². The van der Waals surface area contributed by atoms with Gasteiger partial charge in [-0.15, -0.1) is 71.8 Å². The molecule has 5 aromatic rings. The summed E-state index contributed by atoms with van der Waals surface area (Å²) in [5, 5.41) is 0. The largest absolute Gasteiger partial charge is 0.304 e. The van der Waals surface area contributed by atoms with Crippen molar-refractivity contribution in [1.29, 1.82) is 0 Å². The number of rotatable bonds is 3. The Balaban J connectivity index is 0.000000198. The van der Waals surface area contributed by atoms with E-state index in [4.69, 9.17) is 4.11 Å². The van der Waals surface area contributed by atoms with Gasteiger partial charge in [0.15, 0.2) is 0 Å². The van der Waals surface area contributed by atoms with Crippen molar-refractivity contribution in [3.8, 4) is 33.8 Å². The zero-order valence-electron chi connectivity index (χ0n) is 21.0. The maximum absolute atomic E-state index is 7.23. The predicted molar refractivity (Wildman–Crippen MR) is 130 cm³/mol. The van der Waals surface area contributed by atoms with Crippen LogP contribution in [0.15, 0.2) is 104 Å². The molecule has 165 valence electrons. The van der Waals surface area contributed by atoms with E-state index in [0.29, 0.717) is 0 Å². The van der Waals surface area contributed by atoms with Gasteiger partial charge in [0, 0.05) is 48.4 Å². The molecular weight excluding hydrogens is 583 g/mol. The summed E-state index contributed by atoms with van der Waals surface area (Å²) in [6, 6.07) is 32.9. The number of benzene rings is 2. The third-order valence-corrected chi connectivity index (χ3v) is 4.78. The third kappa shape index (κ3) is 6.52. The Morgan fingerprint density at radius 3 is 1.85 bits per heavy atom. The van der Waals surface area contributed by atoms with Crippen LogP contribution in [0.1, 0.15) is 15.2 Å². The molecule has 0 fully saturated rings. The fourth-order valence-electron chi connectivity index (χ4n) is 3.14. The van der Waals surface area contributed by atoms with Crippen molar-refractivity contribution in [3.05, 3.63) is 127 Å². The molecule has 33 heavy (non-hydrogen) atoms. The van der Waals surface area contributed by atoms with Gasteiger partial charge in [-0.2, -0.15) is 0 Å². The molecule has 4 heteroatoms. The number of nitrogens with zero attached hydrogens (tertiary/aromatic N) is 3. The molecule has 0 aliphatic rings. The van der Waals surface area contributed by atoms with Gasteiger partial charge < -0.3 is 9.97 Å². The molecule has 3 nitrogen and oxygen atoms in total. The first kappa shape index (κ1) is 20.2. The van der Waals surface area contributed by atoms with Gasteiger partial charge in [0.25, 0.3) is 0 Å². The van der Waals surface area contributed by atoms with Crippen LogP contribution < -0.4 is 0 Å². The van der Waals surface area contributed by atoms with Crippen LogP contribution in [-0.2, 0) is 20.1 Å². The van der Waals surface area contributed by atoms with E-state index in [2.05, 4.69) is 46.1 Å². The minimum atomic E-state index is -2.09. The van der Waals surface area contributed by atoms with Crippen molar-refractivity contribution < 1.29 is 24.2 Å². The summed E-state index contributed by atoms with van der Waals surface area (Å²) in [7, 11) is 0. The molecule has 3 heterocycles. The molecule has 1 radical (unpaired) electrons. The molecule has 0 aliphatic heterocycles. The smallest absolute Gasteiger partial charge is 0.0745 e. The van der Waals surface area contributed by atoms with Gasteiger partial charge in [-0.25, -0.2) is 0 Å². The van der Waals surface area contributed by atoms with E-state index < -0.39 is 6.85 Å². The van der Waals surface area contributed by atoms with Crippen molar-refractivity contribution in [3.63, 3.8) is 0 Å². The van der Waals surface area contributed by atoms with Gasteiger partial charge in [0.2, 0.25) is 0 Å². The second-order valence-electron chi connectivity index (χ2n) is 7.09. The van der Waals surface area contributed by atoms with Crippen LogP contribution in [0.25, 0.3) is 33.8 Å². The summed E-state index contributed by atoms with van der Waals surface area (Å²) >= 11 is 0. The van der Waals surface area contributed by atoms with Gasteiger partial charge in [0.05, 0.1) is 5.69 Å². The number of hydrogen-bond acceptors (Lipinski definition) is 3. The Morgan fingerprint density at radius 2 is 1.36 bits per heavy atom. The predicted octanol–water partition coefficient (Wildman–Crippen LogP) is 6.77. The van der Waals surface area contributed by atoms with E-state index in [1.165, 1.54) is 6.20 Å². The van der Waals surface area contributed by atoms with Crippen LogP contribution in [0, 0.1) is 25.9 Å². The summed E-state index contributed by atoms with van der Waals surface area (Å²) in [6.45, 7) is -0.0346. The van der Waals surface area contributed by atoms with E-state index in [1.54, 1.807) is 24.4 Å². The molecule has 0 saturated heterocycles. The molecule has 0 aliphatic carbocycles. The quantitative estimate of drug-likeness (QED) is 0.212. The average molecular weight is 609 g/mol. The molecule has 3 aromatic heterocycles. The Labute approximate surface area is 213 Å². The summed E-state index contributed by atoms with van der Waals surface area (Å²) in [4.78, 5) is 13.0. The molecule has 0 amide bonds. The summed E-state index contributed by atoms with van der Waals surface area (Å²) < 4.78 is 21.7. The number of aromatic nitrogens is 3. The molecule has 0 spiro atoms. The van der Waals surface area contributed by atoms with E-state index >= 15 is 0 Å². The first-order chi connectivity index (χ1) is 16.9. The Morgan fingerprint density at radius 1 is 0.697 bits per heavy atom. The Hall–Kier alpha value is -3.46. The van der Waals surface area contributed by atoms with Gasteiger partial charge in [-0.1, -0.05) is 30.3 Å². The topological polar surface area (TPSA) is 38.7 Å². The maximum atomic E-state index is 7.23. The van der Waals surface area contributed by atoms with Crippen LogP contribution in [0.4, 0.5) is 0 Å². The monoisotopic (exact) mass is 609 g/mol. The molecule has 0 N–H and O–H groups in total. The van der Waals surface area contributed by atoms with Crippen molar-refractivity contribution in [2.24, 2.45) is 0 Å². The van der Waals surface area contributed by atoms with Crippen molar-refractivity contribution in [2.75, 3.05) is 0 Å². The zero-order valence-corrected chi connectivity index (χ0v) is 20.4. The second-order valence-corrected chi connectivity index (χ2v) is 7.09. The van der Waals surface area contributed by atoms with Crippen LogP contribution in [0.2, 0.25) is 0 Å². The molecule has 0 saturated carbocycles. The Kier molecular flexibility index (Phi) is 7.31. The zero-order chi connectivity index (χ0) is 24.7. The summed E-state index contributed by atoms with van der Waals surface area (Å²) in [5.41, 5.74) is 6.96. The normalized spacial score (nSPS) is 11.6. The van der Waals surface area contributed by atoms with Gasteiger partial charge in [-0.3, -0.25) is 4.98 Å². The van der Waals surface area contributed by atoms with E-state index in [1.807, 2.05) is 60.8 Å². The molecule has 5 rings (SSSR count). The fraction of sp³-hybridized carbons (Fsp3) is 0.0690. The maximum Gasteiger partial charge on any atom is 0.0745 e. The SMILES string of the molecule is Cc1cccnc1-c1ccc(-c2[c-]cccc2)nc1.[2H]C([2H])([2H])c1ccc(-c2[c-]cccc2)nc1.[Ir]. The van der Waals surface area contributed by atoms with Crippen molar-refractivity contribution >= 4 is 0 Å². The third-order valence-electron chi connectivity index (χ3n) is 4.78. The Bertz CT molecular complexity index is 1360. The van der Waals surface area contributed by atoms with Gasteiger partial charge in [-0.05, 0) is 42.4 Å². The van der Waals surface area contributed by atoms with Crippen LogP contribution in [0.5, 0.6) is 0 Å². The standard InChI is InChI=1S/C17H13N2.C12H10N.Ir/c1-13-6-5-11-18-17(13)15-9-10-16(19-12-15)14-7-3-2-4-8-14;1-10-7-8-12(13-9-10)11-5-3-2-4-6-11;/h2-7,9-12H,1H3;2-5,7-9H,1H3;/q2*-1;/i;1D3;. The minimum Gasteiger partial charge on any atom is -0.304 e. The molecular formula is C29H23IrN3-2. The fourth-order valence-corrected chi connectivity index (χ4v) is 3.14. The number of aryl methyl sites for hydroxylation is 2. The summed E-state index contributed by atoms with van der Waals surface area (Å²) in [5.74, 6) is 0. The van der Waals surface area contributed by atoms with Gasteiger partial charge >= 0.3 is 0 Å². The first-order valence-electron chi connectivity index (χ1n) is 11.7. The molecule has 0 atom stereocenters. The number of pyridine rings is 3. The number of hydrogen-bond donors (Lipinski definition) is 0. The summed E-state index contributed by atoms with van der Waals surface area (Å²) in [6.07, 6.45) is 5.07. The molecule has 0 bridgehead atoms. The van der Waals surface area contributed by atoms with Crippen molar-refractivity contribution in [2.45, 2.75) is 13.8 Å². The van der Waals surface area contributed by atoms with E-state index in [0.717, 1.165) is 39.3 Å². The average Bonchev–Trinajstić information content (AvgIpc) is 2.90. The first-order valence-corrected chi connectivity index (χ1v) is 10.2. The van der Waals surface area contributed by atoms with Crippen LogP contribution >= 0.6 is 0 Å². The molecule has 2 aromatic carbocycles.